The van der Waals surface area contributed by atoms with Crippen LogP contribution in [0.5, 0.6) is 0 Å². The molecular weight excluding hydrogens is 263 g/mol. The molecule has 0 bridgehead atoms. The SMILES string of the molecule is Cc1ccccc1CC(NN)c1ccc(F)cc1Cl. The number of nitrogens with one attached hydrogen (secondary N) is 1. The maximum atomic E-state index is 13.1. The van der Waals surface area contributed by atoms with Crippen LogP contribution >= 0.6 is 11.6 Å². The molecule has 2 aromatic rings. The van der Waals surface area contributed by atoms with Crippen LogP contribution in [-0.2, 0) is 6.42 Å². The number of hydrogen-bond donors (Lipinski definition) is 2. The molecule has 0 heterocycles. The Morgan fingerprint density at radius 2 is 2.00 bits per heavy atom. The predicted octanol–water partition coefficient (Wildman–Crippen LogP) is 3.53. The summed E-state index contributed by atoms with van der Waals surface area (Å²) in [6, 6.07) is 12.3. The van der Waals surface area contributed by atoms with Crippen LogP contribution in [0.2, 0.25) is 5.02 Å². The fraction of sp³-hybridized carbons (Fsp3) is 0.200. The average molecular weight is 279 g/mol. The van der Waals surface area contributed by atoms with Gasteiger partial charge in [0.25, 0.3) is 0 Å². The van der Waals surface area contributed by atoms with Crippen molar-refractivity contribution in [2.24, 2.45) is 5.84 Å². The molecule has 0 aliphatic rings. The normalized spacial score (nSPS) is 12.4. The Bertz CT molecular complexity index is 572. The van der Waals surface area contributed by atoms with Gasteiger partial charge >= 0.3 is 0 Å². The second-order valence-corrected chi connectivity index (χ2v) is 4.92. The highest BCUT2D eigenvalue weighted by atomic mass is 35.5. The number of rotatable bonds is 4. The van der Waals surface area contributed by atoms with Gasteiger partial charge in [0, 0.05) is 5.02 Å². The minimum absolute atomic E-state index is 0.144. The van der Waals surface area contributed by atoms with Gasteiger partial charge in [0.2, 0.25) is 0 Å². The molecule has 0 aliphatic carbocycles. The van der Waals surface area contributed by atoms with Crippen LogP contribution < -0.4 is 11.3 Å². The first-order valence-corrected chi connectivity index (χ1v) is 6.45. The van der Waals surface area contributed by atoms with Crippen LogP contribution in [-0.4, -0.2) is 0 Å². The van der Waals surface area contributed by atoms with Crippen molar-refractivity contribution in [2.45, 2.75) is 19.4 Å². The van der Waals surface area contributed by atoms with E-state index in [0.717, 1.165) is 5.56 Å². The summed E-state index contributed by atoms with van der Waals surface area (Å²) in [5, 5.41) is 0.386. The summed E-state index contributed by atoms with van der Waals surface area (Å²) in [6.07, 6.45) is 0.703. The van der Waals surface area contributed by atoms with Gasteiger partial charge in [-0.2, -0.15) is 0 Å². The summed E-state index contributed by atoms with van der Waals surface area (Å²) in [7, 11) is 0. The summed E-state index contributed by atoms with van der Waals surface area (Å²) in [4.78, 5) is 0. The van der Waals surface area contributed by atoms with Crippen LogP contribution in [0.3, 0.4) is 0 Å². The molecule has 0 spiro atoms. The molecule has 0 amide bonds. The van der Waals surface area contributed by atoms with E-state index in [1.807, 2.05) is 12.1 Å². The average Bonchev–Trinajstić information content (AvgIpc) is 2.39. The minimum atomic E-state index is -0.347. The second-order valence-electron chi connectivity index (χ2n) is 4.52. The summed E-state index contributed by atoms with van der Waals surface area (Å²) >= 11 is 6.07. The third-order valence-corrected chi connectivity index (χ3v) is 3.55. The molecular formula is C15H16ClFN2. The van der Waals surface area contributed by atoms with Gasteiger partial charge in [-0.25, -0.2) is 4.39 Å². The van der Waals surface area contributed by atoms with Crippen molar-refractivity contribution in [3.05, 3.63) is 70.0 Å². The van der Waals surface area contributed by atoms with E-state index >= 15 is 0 Å². The van der Waals surface area contributed by atoms with Crippen molar-refractivity contribution in [2.75, 3.05) is 0 Å². The maximum Gasteiger partial charge on any atom is 0.124 e. The summed E-state index contributed by atoms with van der Waals surface area (Å²) in [5.41, 5.74) is 5.93. The molecule has 19 heavy (non-hydrogen) atoms. The fourth-order valence-electron chi connectivity index (χ4n) is 2.10. The van der Waals surface area contributed by atoms with Gasteiger partial charge in [0.15, 0.2) is 0 Å². The first-order chi connectivity index (χ1) is 9.11. The minimum Gasteiger partial charge on any atom is -0.271 e. The molecule has 0 radical (unpaired) electrons. The lowest BCUT2D eigenvalue weighted by atomic mass is 9.96. The van der Waals surface area contributed by atoms with Gasteiger partial charge in [-0.1, -0.05) is 41.9 Å². The largest absolute Gasteiger partial charge is 0.271 e. The summed E-state index contributed by atoms with van der Waals surface area (Å²) < 4.78 is 13.1. The van der Waals surface area contributed by atoms with Gasteiger partial charge in [-0.15, -0.1) is 0 Å². The molecule has 0 saturated carbocycles. The van der Waals surface area contributed by atoms with Crippen LogP contribution in [0.1, 0.15) is 22.7 Å². The van der Waals surface area contributed by atoms with E-state index in [2.05, 4.69) is 24.5 Å². The van der Waals surface area contributed by atoms with Gasteiger partial charge in [0.1, 0.15) is 5.82 Å². The molecule has 1 atom stereocenters. The molecule has 0 aliphatic heterocycles. The molecule has 3 N–H and O–H groups in total. The number of halogens is 2. The maximum absolute atomic E-state index is 13.1. The van der Waals surface area contributed by atoms with E-state index < -0.39 is 0 Å². The van der Waals surface area contributed by atoms with Crippen molar-refractivity contribution < 1.29 is 4.39 Å². The molecule has 4 heteroatoms. The topological polar surface area (TPSA) is 38.0 Å². The summed E-state index contributed by atoms with van der Waals surface area (Å²) in [6.45, 7) is 2.05. The zero-order valence-electron chi connectivity index (χ0n) is 10.7. The molecule has 1 unspecified atom stereocenters. The molecule has 2 rings (SSSR count). The van der Waals surface area contributed by atoms with E-state index in [0.29, 0.717) is 11.4 Å². The smallest absolute Gasteiger partial charge is 0.124 e. The van der Waals surface area contributed by atoms with E-state index in [1.54, 1.807) is 6.07 Å². The Morgan fingerprint density at radius 3 is 2.63 bits per heavy atom. The van der Waals surface area contributed by atoms with Crippen molar-refractivity contribution >= 4 is 11.6 Å². The quantitative estimate of drug-likeness (QED) is 0.663. The second kappa shape index (κ2) is 6.15. The highest BCUT2D eigenvalue weighted by Crippen LogP contribution is 2.26. The Hall–Kier alpha value is -1.42. The molecule has 0 saturated heterocycles. The standard InChI is InChI=1S/C15H16ClFN2/c1-10-4-2-3-5-11(10)8-15(19-18)13-7-6-12(17)9-14(13)16/h2-7,9,15,19H,8,18H2,1H3. The molecule has 0 aromatic heterocycles. The molecule has 100 valence electrons. The van der Waals surface area contributed by atoms with Crippen LogP contribution in [0.4, 0.5) is 4.39 Å². The number of benzene rings is 2. The summed E-state index contributed by atoms with van der Waals surface area (Å²) in [5.74, 6) is 5.26. The zero-order valence-corrected chi connectivity index (χ0v) is 11.4. The van der Waals surface area contributed by atoms with Gasteiger partial charge in [-0.05, 0) is 42.2 Å². The number of nitrogens with two attached hydrogens (primary N) is 1. The lowest BCUT2D eigenvalue weighted by Gasteiger charge is -2.19. The Morgan fingerprint density at radius 1 is 1.26 bits per heavy atom. The molecule has 2 nitrogen and oxygen atoms in total. The highest BCUT2D eigenvalue weighted by molar-refractivity contribution is 6.31. The van der Waals surface area contributed by atoms with Crippen molar-refractivity contribution in [1.29, 1.82) is 0 Å². The lowest BCUT2D eigenvalue weighted by Crippen LogP contribution is -2.30. The van der Waals surface area contributed by atoms with Crippen molar-refractivity contribution in [3.63, 3.8) is 0 Å². The third kappa shape index (κ3) is 3.32. The van der Waals surface area contributed by atoms with E-state index in [9.17, 15) is 4.39 Å². The number of hydrogen-bond acceptors (Lipinski definition) is 2. The molecule has 2 aromatic carbocycles. The zero-order chi connectivity index (χ0) is 13.8. The van der Waals surface area contributed by atoms with E-state index in [4.69, 9.17) is 17.4 Å². The predicted molar refractivity (Wildman–Crippen MR) is 76.4 cm³/mol. The lowest BCUT2D eigenvalue weighted by molar-refractivity contribution is 0.548. The monoisotopic (exact) mass is 278 g/mol. The van der Waals surface area contributed by atoms with Crippen molar-refractivity contribution in [3.8, 4) is 0 Å². The Balaban J connectivity index is 2.28. The van der Waals surface area contributed by atoms with E-state index in [-0.39, 0.29) is 11.9 Å². The first-order valence-electron chi connectivity index (χ1n) is 6.07. The van der Waals surface area contributed by atoms with Crippen molar-refractivity contribution in [1.82, 2.24) is 5.43 Å². The van der Waals surface area contributed by atoms with Crippen LogP contribution in [0.25, 0.3) is 0 Å². The fourth-order valence-corrected chi connectivity index (χ4v) is 2.40. The molecule has 0 fully saturated rings. The van der Waals surface area contributed by atoms with Gasteiger partial charge in [-0.3, -0.25) is 11.3 Å². The first kappa shape index (κ1) is 14.0. The van der Waals surface area contributed by atoms with E-state index in [1.165, 1.54) is 23.3 Å². The van der Waals surface area contributed by atoms with Gasteiger partial charge < -0.3 is 0 Å². The van der Waals surface area contributed by atoms with Crippen LogP contribution in [0, 0.1) is 12.7 Å². The Labute approximate surface area is 117 Å². The Kier molecular flexibility index (Phi) is 4.53. The third-order valence-electron chi connectivity index (χ3n) is 3.22. The van der Waals surface area contributed by atoms with Gasteiger partial charge in [0.05, 0.1) is 6.04 Å². The van der Waals surface area contributed by atoms with Crippen LogP contribution in [0.15, 0.2) is 42.5 Å². The number of hydrazine groups is 1. The number of aryl methyl sites for hydroxylation is 1. The highest BCUT2D eigenvalue weighted by Gasteiger charge is 2.15.